The number of sulfonamides is 1. The first-order valence-electron chi connectivity index (χ1n) is 11.2. The van der Waals surface area contributed by atoms with Crippen molar-refractivity contribution in [3.8, 4) is 33.0 Å². The summed E-state index contributed by atoms with van der Waals surface area (Å²) in [6.45, 7) is 7.78. The first-order valence-corrected chi connectivity index (χ1v) is 13.6. The number of aryl methyl sites for hydroxylation is 1. The molecule has 0 aliphatic heterocycles. The van der Waals surface area contributed by atoms with Gasteiger partial charge in [-0.05, 0) is 81.3 Å². The maximum atomic E-state index is 12.9. The Morgan fingerprint density at radius 1 is 0.811 bits per heavy atom. The summed E-state index contributed by atoms with van der Waals surface area (Å²) < 4.78 is 61.8. The maximum absolute atomic E-state index is 12.9. The third kappa shape index (κ3) is 8.22. The fraction of sp³-hybridized carbons (Fsp3) is 0.222. The maximum Gasteiger partial charge on any atom is 0.416 e. The van der Waals surface area contributed by atoms with E-state index in [1.54, 1.807) is 6.07 Å². The largest absolute Gasteiger partial charge is 0.416 e. The monoisotopic (exact) mass is 547 g/mol. The Labute approximate surface area is 219 Å². The van der Waals surface area contributed by atoms with E-state index in [0.717, 1.165) is 45.0 Å². The molecule has 0 saturated carbocycles. The predicted molar refractivity (Wildman–Crippen MR) is 143 cm³/mol. The number of pyridine rings is 1. The van der Waals surface area contributed by atoms with Crippen LogP contribution in [0.1, 0.15) is 31.9 Å². The van der Waals surface area contributed by atoms with Gasteiger partial charge in [-0.25, -0.2) is 18.5 Å². The predicted octanol–water partition coefficient (Wildman–Crippen LogP) is 6.86. The van der Waals surface area contributed by atoms with E-state index in [1.165, 1.54) is 18.2 Å². The SMILES string of the molecule is CC(C)(C)N.Cc1cc(-c2ccc(C(F)(F)F)cc2)nc(-c2cccc(-c3ccc(S(N)(=O)=O)s3)c2)c1. The summed E-state index contributed by atoms with van der Waals surface area (Å²) in [6, 6.07) is 19.2. The van der Waals surface area contributed by atoms with Gasteiger partial charge in [0.1, 0.15) is 4.21 Å². The van der Waals surface area contributed by atoms with Crippen LogP contribution in [0.2, 0.25) is 0 Å². The highest BCUT2D eigenvalue weighted by Gasteiger charge is 2.30. The molecule has 0 atom stereocenters. The minimum atomic E-state index is -4.39. The molecule has 0 aliphatic rings. The average molecular weight is 548 g/mol. The van der Waals surface area contributed by atoms with Gasteiger partial charge in [-0.3, -0.25) is 0 Å². The van der Waals surface area contributed by atoms with Crippen LogP contribution in [0.5, 0.6) is 0 Å². The quantitative estimate of drug-likeness (QED) is 0.291. The molecule has 4 aromatic rings. The van der Waals surface area contributed by atoms with E-state index in [-0.39, 0.29) is 9.75 Å². The normalized spacial score (nSPS) is 12.1. The molecule has 0 aliphatic carbocycles. The summed E-state index contributed by atoms with van der Waals surface area (Å²) in [5.74, 6) is 0. The summed E-state index contributed by atoms with van der Waals surface area (Å²) in [4.78, 5) is 5.39. The van der Waals surface area contributed by atoms with Crippen LogP contribution in [0.25, 0.3) is 33.0 Å². The Hall–Kier alpha value is -3.05. The zero-order valence-electron chi connectivity index (χ0n) is 20.8. The van der Waals surface area contributed by atoms with Crippen molar-refractivity contribution < 1.29 is 21.6 Å². The van der Waals surface area contributed by atoms with Crippen molar-refractivity contribution in [1.29, 1.82) is 0 Å². The highest BCUT2D eigenvalue weighted by atomic mass is 32.2. The summed E-state index contributed by atoms with van der Waals surface area (Å²) in [5.41, 5.74) is 8.95. The van der Waals surface area contributed by atoms with Gasteiger partial charge in [0, 0.05) is 21.5 Å². The average Bonchev–Trinajstić information content (AvgIpc) is 3.28. The molecule has 0 spiro atoms. The molecule has 0 fully saturated rings. The van der Waals surface area contributed by atoms with Crippen LogP contribution < -0.4 is 10.9 Å². The highest BCUT2D eigenvalue weighted by Crippen LogP contribution is 2.34. The Bertz CT molecular complexity index is 1480. The van der Waals surface area contributed by atoms with Crippen molar-refractivity contribution in [3.63, 3.8) is 0 Å². The number of nitrogens with two attached hydrogens (primary N) is 2. The van der Waals surface area contributed by atoms with Gasteiger partial charge in [-0.15, -0.1) is 11.3 Å². The molecule has 4 N–H and O–H groups in total. The second-order valence-corrected chi connectivity index (χ2v) is 12.5. The number of alkyl halides is 3. The number of halogens is 3. The van der Waals surface area contributed by atoms with Gasteiger partial charge >= 0.3 is 6.18 Å². The second kappa shape index (κ2) is 10.7. The van der Waals surface area contributed by atoms with Crippen molar-refractivity contribution in [2.24, 2.45) is 10.9 Å². The number of thiophene rings is 1. The molecule has 2 aromatic carbocycles. The number of hydrogen-bond donors (Lipinski definition) is 2. The lowest BCUT2D eigenvalue weighted by atomic mass is 10.0. The Morgan fingerprint density at radius 2 is 1.35 bits per heavy atom. The molecule has 5 nitrogen and oxygen atoms in total. The van der Waals surface area contributed by atoms with Crippen molar-refractivity contribution in [1.82, 2.24) is 4.98 Å². The summed E-state index contributed by atoms with van der Waals surface area (Å²) in [5, 5.41) is 5.20. The molecule has 10 heteroatoms. The van der Waals surface area contributed by atoms with Crippen molar-refractivity contribution >= 4 is 21.4 Å². The Morgan fingerprint density at radius 3 is 1.86 bits per heavy atom. The van der Waals surface area contributed by atoms with Gasteiger partial charge < -0.3 is 5.73 Å². The number of primary sulfonamides is 1. The zero-order valence-corrected chi connectivity index (χ0v) is 22.4. The third-order valence-electron chi connectivity index (χ3n) is 4.78. The number of rotatable bonds is 4. The number of aromatic nitrogens is 1. The molecule has 0 radical (unpaired) electrons. The smallest absolute Gasteiger partial charge is 0.326 e. The van der Waals surface area contributed by atoms with Crippen LogP contribution in [0.15, 0.2) is 77.0 Å². The van der Waals surface area contributed by atoms with Gasteiger partial charge in [-0.1, -0.05) is 30.3 Å². The van der Waals surface area contributed by atoms with Gasteiger partial charge in [0.25, 0.3) is 0 Å². The number of benzene rings is 2. The molecular weight excluding hydrogens is 519 g/mol. The van der Waals surface area contributed by atoms with E-state index >= 15 is 0 Å². The lowest BCUT2D eigenvalue weighted by Crippen LogP contribution is -2.26. The molecule has 4 rings (SSSR count). The first-order chi connectivity index (χ1) is 17.0. The van der Waals surface area contributed by atoms with E-state index in [9.17, 15) is 21.6 Å². The van der Waals surface area contributed by atoms with E-state index < -0.39 is 21.8 Å². The Balaban J connectivity index is 0.000000695. The fourth-order valence-corrected chi connectivity index (χ4v) is 4.98. The lowest BCUT2D eigenvalue weighted by molar-refractivity contribution is -0.137. The van der Waals surface area contributed by atoms with Gasteiger partial charge in [0.05, 0.1) is 17.0 Å². The van der Waals surface area contributed by atoms with Gasteiger partial charge in [0.15, 0.2) is 0 Å². The van der Waals surface area contributed by atoms with E-state index in [2.05, 4.69) is 4.98 Å². The molecule has 2 heterocycles. The van der Waals surface area contributed by atoms with Gasteiger partial charge in [0.2, 0.25) is 10.0 Å². The molecule has 196 valence electrons. The summed E-state index contributed by atoms with van der Waals surface area (Å²) in [6.07, 6.45) is -4.39. The molecule has 37 heavy (non-hydrogen) atoms. The standard InChI is InChI=1S/C23H17F3N2O2S2.C4H11N/c1-14-11-19(15-5-7-18(8-6-15)23(24,25)26)28-20(12-14)16-3-2-4-17(13-16)21-9-10-22(31-21)32(27,29)30;1-4(2,3)5/h2-13H,1H3,(H2,27,29,30);5H2,1-3H3. The van der Waals surface area contributed by atoms with E-state index in [1.807, 2.05) is 64.1 Å². The fourth-order valence-electron chi connectivity index (χ4n) is 3.25. The lowest BCUT2D eigenvalue weighted by Gasteiger charge is -2.10. The van der Waals surface area contributed by atoms with Crippen molar-refractivity contribution in [3.05, 3.63) is 83.9 Å². The number of nitrogens with zero attached hydrogens (tertiary/aromatic N) is 1. The minimum Gasteiger partial charge on any atom is -0.326 e. The number of hydrogen-bond acceptors (Lipinski definition) is 5. The summed E-state index contributed by atoms with van der Waals surface area (Å²) >= 11 is 1.08. The van der Waals surface area contributed by atoms with Crippen molar-refractivity contribution in [2.45, 2.75) is 43.6 Å². The topological polar surface area (TPSA) is 99.1 Å². The zero-order chi connectivity index (χ0) is 27.6. The molecule has 0 amide bonds. The van der Waals surface area contributed by atoms with E-state index in [4.69, 9.17) is 10.9 Å². The molecule has 0 unspecified atom stereocenters. The highest BCUT2D eigenvalue weighted by molar-refractivity contribution is 7.91. The van der Waals surface area contributed by atoms with E-state index in [0.29, 0.717) is 17.0 Å². The van der Waals surface area contributed by atoms with Crippen molar-refractivity contribution in [2.75, 3.05) is 0 Å². The van der Waals surface area contributed by atoms with Crippen LogP contribution in [-0.4, -0.2) is 18.9 Å². The molecule has 0 saturated heterocycles. The molecule has 0 bridgehead atoms. The van der Waals surface area contributed by atoms with Crippen LogP contribution in [0.4, 0.5) is 13.2 Å². The second-order valence-electron chi connectivity index (χ2n) is 9.60. The summed E-state index contributed by atoms with van der Waals surface area (Å²) in [7, 11) is -3.77. The third-order valence-corrected chi connectivity index (χ3v) is 7.36. The molecule has 2 aromatic heterocycles. The van der Waals surface area contributed by atoms with Crippen LogP contribution in [0, 0.1) is 6.92 Å². The minimum absolute atomic E-state index is 0. The molecular formula is C27H28F3N3O2S2. The first kappa shape index (κ1) is 28.5. The van der Waals surface area contributed by atoms with Crippen LogP contribution in [0.3, 0.4) is 0 Å². The van der Waals surface area contributed by atoms with Crippen LogP contribution >= 0.6 is 11.3 Å². The van der Waals surface area contributed by atoms with Crippen LogP contribution in [-0.2, 0) is 16.2 Å². The Kier molecular flexibility index (Phi) is 8.28. The van der Waals surface area contributed by atoms with Gasteiger partial charge in [-0.2, -0.15) is 13.2 Å².